The highest BCUT2D eigenvalue weighted by molar-refractivity contribution is 7.92. The first-order chi connectivity index (χ1) is 16.3. The highest BCUT2D eigenvalue weighted by atomic mass is 32.2. The van der Waals surface area contributed by atoms with E-state index in [0.29, 0.717) is 5.69 Å². The van der Waals surface area contributed by atoms with E-state index in [9.17, 15) is 36.5 Å². The number of nitro benzene ring substituents is 1. The fourth-order valence-corrected chi connectivity index (χ4v) is 4.53. The summed E-state index contributed by atoms with van der Waals surface area (Å²) in [6, 6.07) is 8.28. The van der Waals surface area contributed by atoms with Crippen LogP contribution in [0.25, 0.3) is 0 Å². The maximum Gasteiger partial charge on any atom is 0.416 e. The van der Waals surface area contributed by atoms with Gasteiger partial charge in [0.25, 0.3) is 5.69 Å². The highest BCUT2D eigenvalue weighted by Crippen LogP contribution is 2.34. The number of methoxy groups -OCH3 is 1. The molecule has 1 aliphatic rings. The Hall–Kier alpha value is -3.55. The van der Waals surface area contributed by atoms with Crippen molar-refractivity contribution >= 4 is 33.0 Å². The molecule has 0 N–H and O–H groups in total. The molecule has 0 aromatic heterocycles. The van der Waals surface area contributed by atoms with Gasteiger partial charge in [0, 0.05) is 44.0 Å². The summed E-state index contributed by atoms with van der Waals surface area (Å²) in [4.78, 5) is 26.5. The number of non-ortho nitro benzene ring substituents is 1. The Morgan fingerprint density at radius 1 is 1.14 bits per heavy atom. The van der Waals surface area contributed by atoms with Crippen molar-refractivity contribution in [3.05, 3.63) is 58.1 Å². The van der Waals surface area contributed by atoms with Gasteiger partial charge in [0.1, 0.15) is 18.0 Å². The van der Waals surface area contributed by atoms with Crippen LogP contribution in [0.4, 0.5) is 30.2 Å². The lowest BCUT2D eigenvalue weighted by Crippen LogP contribution is -2.52. The minimum atomic E-state index is -4.48. The Labute approximate surface area is 199 Å². The van der Waals surface area contributed by atoms with Crippen molar-refractivity contribution in [3.8, 4) is 5.75 Å². The van der Waals surface area contributed by atoms with Crippen molar-refractivity contribution in [3.63, 3.8) is 0 Å². The third-order valence-corrected chi connectivity index (χ3v) is 6.62. The molecule has 0 saturated carbocycles. The molecule has 1 aliphatic heterocycles. The molecule has 35 heavy (non-hydrogen) atoms. The van der Waals surface area contributed by atoms with Crippen LogP contribution in [-0.4, -0.2) is 70.2 Å². The predicted octanol–water partition coefficient (Wildman–Crippen LogP) is 2.74. The zero-order valence-corrected chi connectivity index (χ0v) is 19.7. The summed E-state index contributed by atoms with van der Waals surface area (Å²) in [5.41, 5.74) is -0.939. The highest BCUT2D eigenvalue weighted by Gasteiger charge is 2.32. The maximum atomic E-state index is 13.0. The summed E-state index contributed by atoms with van der Waals surface area (Å²) in [6.07, 6.45) is -3.61. The molecule has 2 aromatic rings. The molecule has 0 atom stereocenters. The van der Waals surface area contributed by atoms with E-state index in [2.05, 4.69) is 0 Å². The van der Waals surface area contributed by atoms with Gasteiger partial charge in [0.2, 0.25) is 15.9 Å². The molecule has 1 fully saturated rings. The van der Waals surface area contributed by atoms with Gasteiger partial charge < -0.3 is 14.5 Å². The number of carbonyl (C=O) groups is 1. The standard InChI is InChI=1S/C21H23F3N4O6S/c1-34-19-7-6-17(28(30)31)13-18(19)27(35(2,32)33)14-20(29)26-10-8-25(9-11-26)16-5-3-4-15(12-16)21(22,23)24/h3-7,12-13H,8-11,14H2,1-2H3. The minimum Gasteiger partial charge on any atom is -0.495 e. The number of anilines is 2. The Morgan fingerprint density at radius 3 is 2.34 bits per heavy atom. The summed E-state index contributed by atoms with van der Waals surface area (Å²) in [5.74, 6) is -0.532. The number of hydrogen-bond acceptors (Lipinski definition) is 7. The fraction of sp³-hybridized carbons (Fsp3) is 0.381. The van der Waals surface area contributed by atoms with Crippen molar-refractivity contribution in [1.29, 1.82) is 0 Å². The van der Waals surface area contributed by atoms with E-state index < -0.39 is 39.1 Å². The summed E-state index contributed by atoms with van der Waals surface area (Å²) in [6.45, 7) is 0.162. The molecule has 2 aromatic carbocycles. The van der Waals surface area contributed by atoms with Gasteiger partial charge in [-0.05, 0) is 24.3 Å². The predicted molar refractivity (Wildman–Crippen MR) is 122 cm³/mol. The quantitative estimate of drug-likeness (QED) is 0.411. The Kier molecular flexibility index (Phi) is 7.43. The SMILES string of the molecule is COc1ccc([N+](=O)[O-])cc1N(CC(=O)N1CCN(c2cccc(C(F)(F)F)c2)CC1)S(C)(=O)=O. The zero-order chi connectivity index (χ0) is 26.0. The molecule has 0 spiro atoms. The lowest BCUT2D eigenvalue weighted by atomic mass is 10.1. The number of ether oxygens (including phenoxy) is 1. The van der Waals surface area contributed by atoms with Crippen LogP contribution in [0.1, 0.15) is 5.56 Å². The number of benzene rings is 2. The molecule has 0 unspecified atom stereocenters. The number of rotatable bonds is 7. The molecule has 0 radical (unpaired) electrons. The van der Waals surface area contributed by atoms with E-state index >= 15 is 0 Å². The van der Waals surface area contributed by atoms with Crippen LogP contribution >= 0.6 is 0 Å². The topological polar surface area (TPSA) is 113 Å². The Balaban J connectivity index is 1.76. The van der Waals surface area contributed by atoms with Crippen LogP contribution in [0, 0.1) is 10.1 Å². The Morgan fingerprint density at radius 2 is 1.80 bits per heavy atom. The average molecular weight is 516 g/mol. The third-order valence-electron chi connectivity index (χ3n) is 5.49. The summed E-state index contributed by atoms with van der Waals surface area (Å²) >= 11 is 0. The van der Waals surface area contributed by atoms with Gasteiger partial charge in [0.05, 0.1) is 23.9 Å². The van der Waals surface area contributed by atoms with Gasteiger partial charge in [-0.3, -0.25) is 19.2 Å². The lowest BCUT2D eigenvalue weighted by molar-refractivity contribution is -0.384. The average Bonchev–Trinajstić information content (AvgIpc) is 2.81. The summed E-state index contributed by atoms with van der Waals surface area (Å²) < 4.78 is 69.9. The molecule has 10 nitrogen and oxygen atoms in total. The molecular weight excluding hydrogens is 493 g/mol. The molecule has 190 valence electrons. The Bertz CT molecular complexity index is 1210. The van der Waals surface area contributed by atoms with E-state index in [1.807, 2.05) is 0 Å². The molecule has 1 amide bonds. The molecule has 0 bridgehead atoms. The molecular formula is C21H23F3N4O6S. The maximum absolute atomic E-state index is 13.0. The number of carbonyl (C=O) groups excluding carboxylic acids is 1. The van der Waals surface area contributed by atoms with Crippen LogP contribution in [0.3, 0.4) is 0 Å². The summed E-state index contributed by atoms with van der Waals surface area (Å²) in [7, 11) is -2.77. The first-order valence-corrected chi connectivity index (χ1v) is 12.2. The monoisotopic (exact) mass is 516 g/mol. The van der Waals surface area contributed by atoms with Crippen molar-refractivity contribution < 1.29 is 36.0 Å². The van der Waals surface area contributed by atoms with Crippen molar-refractivity contribution in [2.45, 2.75) is 6.18 Å². The number of hydrogen-bond donors (Lipinski definition) is 0. The van der Waals surface area contributed by atoms with E-state index in [0.717, 1.165) is 34.8 Å². The summed E-state index contributed by atoms with van der Waals surface area (Å²) in [5, 5.41) is 11.2. The second-order valence-electron chi connectivity index (χ2n) is 7.80. The van der Waals surface area contributed by atoms with Crippen molar-refractivity contribution in [2.24, 2.45) is 0 Å². The molecule has 0 aliphatic carbocycles. The van der Waals surface area contributed by atoms with Gasteiger partial charge in [-0.15, -0.1) is 0 Å². The van der Waals surface area contributed by atoms with Crippen molar-refractivity contribution in [1.82, 2.24) is 4.90 Å². The number of alkyl halides is 3. The van der Waals surface area contributed by atoms with Gasteiger partial charge in [-0.1, -0.05) is 6.07 Å². The van der Waals surface area contributed by atoms with Crippen LogP contribution in [0.2, 0.25) is 0 Å². The van der Waals surface area contributed by atoms with E-state index in [4.69, 9.17) is 4.74 Å². The molecule has 1 saturated heterocycles. The second-order valence-corrected chi connectivity index (χ2v) is 9.71. The largest absolute Gasteiger partial charge is 0.495 e. The normalized spacial score (nSPS) is 14.5. The van der Waals surface area contributed by atoms with Gasteiger partial charge in [-0.2, -0.15) is 13.2 Å². The van der Waals surface area contributed by atoms with Crippen LogP contribution < -0.4 is 13.9 Å². The lowest BCUT2D eigenvalue weighted by Gasteiger charge is -2.37. The molecule has 14 heteroatoms. The van der Waals surface area contributed by atoms with Crippen LogP contribution in [0.15, 0.2) is 42.5 Å². The minimum absolute atomic E-state index is 0.0307. The number of halogens is 3. The fourth-order valence-electron chi connectivity index (χ4n) is 3.68. The number of sulfonamides is 1. The molecule has 3 rings (SSSR count). The van der Waals surface area contributed by atoms with Crippen LogP contribution in [-0.2, 0) is 21.0 Å². The third kappa shape index (κ3) is 6.12. The number of nitro groups is 1. The molecule has 1 heterocycles. The zero-order valence-electron chi connectivity index (χ0n) is 18.9. The van der Waals surface area contributed by atoms with E-state index in [-0.39, 0.29) is 43.3 Å². The second kappa shape index (κ2) is 9.98. The number of amides is 1. The first-order valence-electron chi connectivity index (χ1n) is 10.3. The van der Waals surface area contributed by atoms with Crippen LogP contribution in [0.5, 0.6) is 5.75 Å². The number of piperazine rings is 1. The van der Waals surface area contributed by atoms with Gasteiger partial charge in [-0.25, -0.2) is 8.42 Å². The first kappa shape index (κ1) is 26.1. The van der Waals surface area contributed by atoms with Gasteiger partial charge >= 0.3 is 6.18 Å². The van der Waals surface area contributed by atoms with E-state index in [1.165, 1.54) is 24.1 Å². The van der Waals surface area contributed by atoms with Crippen molar-refractivity contribution in [2.75, 3.05) is 55.3 Å². The smallest absolute Gasteiger partial charge is 0.416 e. The van der Waals surface area contributed by atoms with E-state index in [1.54, 1.807) is 11.0 Å². The number of nitrogens with zero attached hydrogens (tertiary/aromatic N) is 4. The van der Waals surface area contributed by atoms with Gasteiger partial charge in [0.15, 0.2) is 0 Å².